The summed E-state index contributed by atoms with van der Waals surface area (Å²) in [6.45, 7) is 1.80. The topological polar surface area (TPSA) is 67.4 Å². The van der Waals surface area contributed by atoms with Crippen LogP contribution in [0.2, 0.25) is 0 Å². The van der Waals surface area contributed by atoms with Gasteiger partial charge >= 0.3 is 0 Å². The number of carbonyl (C=O) groups excluding carboxylic acids is 2. The first kappa shape index (κ1) is 17.0. The molecule has 2 rings (SSSR count). The monoisotopic (exact) mass is 376 g/mol. The molecule has 0 aromatic heterocycles. The van der Waals surface area contributed by atoms with E-state index in [-0.39, 0.29) is 18.9 Å². The summed E-state index contributed by atoms with van der Waals surface area (Å²) in [7, 11) is 0. The van der Waals surface area contributed by atoms with Crippen molar-refractivity contribution in [3.8, 4) is 5.75 Å². The Morgan fingerprint density at radius 3 is 2.22 bits per heavy atom. The fraction of sp³-hybridized carbons (Fsp3) is 0.176. The highest BCUT2D eigenvalue weighted by molar-refractivity contribution is 9.10. The number of nitrogens with one attached hydrogen (secondary N) is 2. The summed E-state index contributed by atoms with van der Waals surface area (Å²) in [4.78, 5) is 23.4. The summed E-state index contributed by atoms with van der Waals surface area (Å²) < 4.78 is 6.27. The molecule has 2 N–H and O–H groups in total. The Balaban J connectivity index is 1.70. The molecule has 0 saturated carbocycles. The van der Waals surface area contributed by atoms with Crippen LogP contribution >= 0.6 is 15.9 Å². The number of hydrazine groups is 1. The molecular weight excluding hydrogens is 360 g/mol. The number of hydrogen-bond donors (Lipinski definition) is 2. The molecule has 0 aliphatic heterocycles. The Hall–Kier alpha value is -2.34. The van der Waals surface area contributed by atoms with E-state index in [0.717, 1.165) is 15.6 Å². The maximum Gasteiger partial charge on any atom is 0.276 e. The Morgan fingerprint density at radius 2 is 1.57 bits per heavy atom. The zero-order valence-electron chi connectivity index (χ0n) is 12.6. The smallest absolute Gasteiger partial charge is 0.276 e. The van der Waals surface area contributed by atoms with Gasteiger partial charge in [-0.25, -0.2) is 0 Å². The van der Waals surface area contributed by atoms with E-state index in [0.29, 0.717) is 5.75 Å². The molecule has 0 fully saturated rings. The second-order valence-electron chi connectivity index (χ2n) is 5.00. The van der Waals surface area contributed by atoms with Gasteiger partial charge in [-0.3, -0.25) is 20.4 Å². The van der Waals surface area contributed by atoms with Crippen LogP contribution in [0.25, 0.3) is 0 Å². The van der Waals surface area contributed by atoms with Gasteiger partial charge in [0.2, 0.25) is 5.91 Å². The zero-order chi connectivity index (χ0) is 16.7. The largest absolute Gasteiger partial charge is 0.484 e. The molecular formula is C17H17BrN2O3. The third kappa shape index (κ3) is 6.12. The van der Waals surface area contributed by atoms with Crippen molar-refractivity contribution < 1.29 is 14.3 Å². The van der Waals surface area contributed by atoms with E-state index in [9.17, 15) is 9.59 Å². The molecule has 0 bridgehead atoms. The Kier molecular flexibility index (Phi) is 6.17. The molecule has 2 aromatic carbocycles. The lowest BCUT2D eigenvalue weighted by atomic mass is 10.1. The molecule has 0 aliphatic carbocycles. The normalized spacial score (nSPS) is 10.0. The molecule has 2 amide bonds. The third-order valence-corrected chi connectivity index (χ3v) is 3.54. The summed E-state index contributed by atoms with van der Waals surface area (Å²) in [5.74, 6) is -0.113. The number of ether oxygens (including phenoxy) is 1. The van der Waals surface area contributed by atoms with Crippen LogP contribution in [0.15, 0.2) is 53.0 Å². The summed E-state index contributed by atoms with van der Waals surface area (Å²) in [5, 5.41) is 0. The van der Waals surface area contributed by atoms with Gasteiger partial charge in [0.1, 0.15) is 5.75 Å². The quantitative estimate of drug-likeness (QED) is 0.787. The minimum Gasteiger partial charge on any atom is -0.484 e. The standard InChI is InChI=1S/C17H17BrN2O3/c1-12-2-8-15(9-3-12)23-11-17(22)20-19-16(21)10-13-4-6-14(18)7-5-13/h2-9H,10-11H2,1H3,(H,19,21)(H,20,22). The van der Waals surface area contributed by atoms with Gasteiger partial charge in [-0.2, -0.15) is 0 Å². The third-order valence-electron chi connectivity index (χ3n) is 3.01. The molecule has 6 heteroatoms. The first-order valence-corrected chi connectivity index (χ1v) is 7.84. The van der Waals surface area contributed by atoms with Crippen molar-refractivity contribution >= 4 is 27.7 Å². The molecule has 0 aliphatic rings. The molecule has 0 spiro atoms. The lowest BCUT2D eigenvalue weighted by Crippen LogP contribution is -2.44. The number of carbonyl (C=O) groups is 2. The number of rotatable bonds is 5. The van der Waals surface area contributed by atoms with Gasteiger partial charge in [-0.15, -0.1) is 0 Å². The summed E-state index contributed by atoms with van der Waals surface area (Å²) >= 11 is 3.33. The fourth-order valence-corrected chi connectivity index (χ4v) is 2.06. The van der Waals surface area contributed by atoms with Crippen molar-refractivity contribution in [2.24, 2.45) is 0 Å². The van der Waals surface area contributed by atoms with Gasteiger partial charge in [-0.1, -0.05) is 45.8 Å². The van der Waals surface area contributed by atoms with Crippen LogP contribution in [0.4, 0.5) is 0 Å². The maximum atomic E-state index is 11.7. The van der Waals surface area contributed by atoms with Crippen molar-refractivity contribution in [3.05, 3.63) is 64.1 Å². The van der Waals surface area contributed by atoms with E-state index >= 15 is 0 Å². The van der Waals surface area contributed by atoms with Crippen LogP contribution in [0, 0.1) is 6.92 Å². The molecule has 0 heterocycles. The van der Waals surface area contributed by atoms with Crippen molar-refractivity contribution in [2.75, 3.05) is 6.61 Å². The van der Waals surface area contributed by atoms with Gasteiger partial charge in [0.25, 0.3) is 5.91 Å². The Bertz CT molecular complexity index is 669. The number of amides is 2. The SMILES string of the molecule is Cc1ccc(OCC(=O)NNC(=O)Cc2ccc(Br)cc2)cc1. The lowest BCUT2D eigenvalue weighted by molar-refractivity contribution is -0.129. The number of hydrogen-bond acceptors (Lipinski definition) is 3. The van der Waals surface area contributed by atoms with Gasteiger partial charge < -0.3 is 4.74 Å². The zero-order valence-corrected chi connectivity index (χ0v) is 14.2. The molecule has 0 saturated heterocycles. The first-order valence-electron chi connectivity index (χ1n) is 7.04. The molecule has 2 aromatic rings. The summed E-state index contributed by atoms with van der Waals surface area (Å²) in [6, 6.07) is 14.8. The highest BCUT2D eigenvalue weighted by Gasteiger charge is 2.06. The van der Waals surface area contributed by atoms with Crippen LogP contribution in [-0.2, 0) is 16.0 Å². The predicted molar refractivity (Wildman–Crippen MR) is 90.8 cm³/mol. The van der Waals surface area contributed by atoms with Gasteiger partial charge in [-0.05, 0) is 36.8 Å². The lowest BCUT2D eigenvalue weighted by Gasteiger charge is -2.09. The highest BCUT2D eigenvalue weighted by Crippen LogP contribution is 2.11. The van der Waals surface area contributed by atoms with E-state index in [4.69, 9.17) is 4.74 Å². The van der Waals surface area contributed by atoms with Crippen molar-refractivity contribution in [1.29, 1.82) is 0 Å². The molecule has 0 radical (unpaired) electrons. The van der Waals surface area contributed by atoms with Crippen molar-refractivity contribution in [2.45, 2.75) is 13.3 Å². The van der Waals surface area contributed by atoms with Gasteiger partial charge in [0.05, 0.1) is 6.42 Å². The number of benzene rings is 2. The van der Waals surface area contributed by atoms with Crippen LogP contribution in [0.1, 0.15) is 11.1 Å². The molecule has 5 nitrogen and oxygen atoms in total. The minimum atomic E-state index is -0.422. The number of halogens is 1. The summed E-state index contributed by atoms with van der Waals surface area (Å²) in [5.41, 5.74) is 6.65. The second-order valence-corrected chi connectivity index (χ2v) is 5.92. The van der Waals surface area contributed by atoms with E-state index in [1.165, 1.54) is 0 Å². The average Bonchev–Trinajstić information content (AvgIpc) is 2.54. The van der Waals surface area contributed by atoms with Crippen molar-refractivity contribution in [1.82, 2.24) is 10.9 Å². The van der Waals surface area contributed by atoms with Crippen molar-refractivity contribution in [3.63, 3.8) is 0 Å². The van der Waals surface area contributed by atoms with Gasteiger partial charge in [0, 0.05) is 4.47 Å². The van der Waals surface area contributed by atoms with Crippen LogP contribution in [-0.4, -0.2) is 18.4 Å². The van der Waals surface area contributed by atoms with Crippen LogP contribution in [0.3, 0.4) is 0 Å². The fourth-order valence-electron chi connectivity index (χ4n) is 1.79. The summed E-state index contributed by atoms with van der Waals surface area (Å²) in [6.07, 6.45) is 0.187. The number of aryl methyl sites for hydroxylation is 1. The molecule has 23 heavy (non-hydrogen) atoms. The minimum absolute atomic E-state index is 0.165. The van der Waals surface area contributed by atoms with E-state index < -0.39 is 5.91 Å². The molecule has 0 unspecified atom stereocenters. The maximum absolute atomic E-state index is 11.7. The predicted octanol–water partition coefficient (Wildman–Crippen LogP) is 2.53. The van der Waals surface area contributed by atoms with Gasteiger partial charge in [0.15, 0.2) is 6.61 Å². The van der Waals surface area contributed by atoms with E-state index in [1.807, 2.05) is 43.3 Å². The molecule has 120 valence electrons. The van der Waals surface area contributed by atoms with E-state index in [1.54, 1.807) is 12.1 Å². The average molecular weight is 377 g/mol. The highest BCUT2D eigenvalue weighted by atomic mass is 79.9. The Morgan fingerprint density at radius 1 is 0.957 bits per heavy atom. The first-order chi connectivity index (χ1) is 11.0. The van der Waals surface area contributed by atoms with Crippen LogP contribution < -0.4 is 15.6 Å². The Labute approximate surface area is 143 Å². The van der Waals surface area contributed by atoms with Crippen LogP contribution in [0.5, 0.6) is 5.75 Å². The van der Waals surface area contributed by atoms with E-state index in [2.05, 4.69) is 26.8 Å². The molecule has 0 atom stereocenters. The second kappa shape index (κ2) is 8.33.